The number of amides is 1. The normalized spacial score (nSPS) is 16.5. The second-order valence-corrected chi connectivity index (χ2v) is 10.1. The molecule has 0 saturated heterocycles. The SMILES string of the molecule is C[C@@H]1CCc2c(sc(NC(=O)CN(C)S(=O)(=O)c3ccc(F)cc3)c2C#N)C1. The molecule has 1 aliphatic rings. The molecule has 1 N–H and O–H groups in total. The van der Waals surface area contributed by atoms with Crippen LogP contribution in [0.25, 0.3) is 0 Å². The van der Waals surface area contributed by atoms with E-state index in [0.29, 0.717) is 16.5 Å². The van der Waals surface area contributed by atoms with Crippen molar-refractivity contribution in [3.05, 3.63) is 46.1 Å². The Kier molecular flexibility index (Phi) is 5.84. The summed E-state index contributed by atoms with van der Waals surface area (Å²) in [5.41, 5.74) is 1.47. The molecule has 1 aromatic carbocycles. The number of benzene rings is 1. The van der Waals surface area contributed by atoms with Crippen molar-refractivity contribution in [2.75, 3.05) is 18.9 Å². The molecule has 0 aliphatic heterocycles. The van der Waals surface area contributed by atoms with Gasteiger partial charge in [-0.25, -0.2) is 12.8 Å². The fraction of sp³-hybridized carbons (Fsp3) is 0.368. The fourth-order valence-electron chi connectivity index (χ4n) is 3.20. The zero-order chi connectivity index (χ0) is 20.5. The minimum Gasteiger partial charge on any atom is -0.315 e. The second-order valence-electron chi connectivity index (χ2n) is 6.93. The number of hydrogen-bond acceptors (Lipinski definition) is 5. The second kappa shape index (κ2) is 7.99. The summed E-state index contributed by atoms with van der Waals surface area (Å²) in [5, 5.41) is 12.7. The van der Waals surface area contributed by atoms with E-state index in [0.717, 1.165) is 58.3 Å². The van der Waals surface area contributed by atoms with E-state index in [1.54, 1.807) is 0 Å². The van der Waals surface area contributed by atoms with Gasteiger partial charge in [-0.2, -0.15) is 9.57 Å². The lowest BCUT2D eigenvalue weighted by atomic mass is 9.89. The van der Waals surface area contributed by atoms with Gasteiger partial charge >= 0.3 is 0 Å². The Morgan fingerprint density at radius 2 is 2.07 bits per heavy atom. The van der Waals surface area contributed by atoms with Gasteiger partial charge < -0.3 is 5.32 Å². The highest BCUT2D eigenvalue weighted by molar-refractivity contribution is 7.89. The number of nitriles is 1. The van der Waals surface area contributed by atoms with Gasteiger partial charge in [0.25, 0.3) is 0 Å². The fourth-order valence-corrected chi connectivity index (χ4v) is 5.70. The van der Waals surface area contributed by atoms with E-state index in [4.69, 9.17) is 0 Å². The molecule has 9 heteroatoms. The maximum atomic E-state index is 13.0. The van der Waals surface area contributed by atoms with Gasteiger partial charge in [-0.1, -0.05) is 6.92 Å². The number of anilines is 1. The minimum absolute atomic E-state index is 0.0949. The average molecular weight is 422 g/mol. The molecule has 148 valence electrons. The maximum Gasteiger partial charge on any atom is 0.243 e. The van der Waals surface area contributed by atoms with Crippen LogP contribution >= 0.6 is 11.3 Å². The summed E-state index contributed by atoms with van der Waals surface area (Å²) in [4.78, 5) is 13.4. The third-order valence-electron chi connectivity index (χ3n) is 4.76. The highest BCUT2D eigenvalue weighted by Gasteiger charge is 2.26. The predicted molar refractivity (Wildman–Crippen MR) is 105 cm³/mol. The van der Waals surface area contributed by atoms with Gasteiger partial charge in [0.05, 0.1) is 17.0 Å². The van der Waals surface area contributed by atoms with E-state index < -0.39 is 28.3 Å². The molecule has 3 rings (SSSR count). The smallest absolute Gasteiger partial charge is 0.243 e. The Morgan fingerprint density at radius 1 is 1.39 bits per heavy atom. The molecule has 1 heterocycles. The molecule has 0 saturated carbocycles. The van der Waals surface area contributed by atoms with Crippen molar-refractivity contribution in [1.82, 2.24) is 4.31 Å². The van der Waals surface area contributed by atoms with Crippen LogP contribution in [0.15, 0.2) is 29.2 Å². The summed E-state index contributed by atoms with van der Waals surface area (Å²) in [5.74, 6) is -0.538. The molecular weight excluding hydrogens is 401 g/mol. The van der Waals surface area contributed by atoms with Crippen molar-refractivity contribution in [1.29, 1.82) is 5.26 Å². The van der Waals surface area contributed by atoms with Crippen LogP contribution < -0.4 is 5.32 Å². The topological polar surface area (TPSA) is 90.3 Å². The van der Waals surface area contributed by atoms with Gasteiger partial charge in [0, 0.05) is 11.9 Å². The number of halogens is 1. The maximum absolute atomic E-state index is 13.0. The number of sulfonamides is 1. The number of nitrogens with zero attached hydrogens (tertiary/aromatic N) is 2. The number of hydrogen-bond donors (Lipinski definition) is 1. The number of fused-ring (bicyclic) bond motifs is 1. The van der Waals surface area contributed by atoms with E-state index in [1.807, 2.05) is 0 Å². The molecule has 1 atom stereocenters. The van der Waals surface area contributed by atoms with Crippen LogP contribution in [0.4, 0.5) is 9.39 Å². The molecular formula is C19H20FN3O3S2. The van der Waals surface area contributed by atoms with Gasteiger partial charge in [0.2, 0.25) is 15.9 Å². The highest BCUT2D eigenvalue weighted by atomic mass is 32.2. The largest absolute Gasteiger partial charge is 0.315 e. The number of carbonyl (C=O) groups is 1. The predicted octanol–water partition coefficient (Wildman–Crippen LogP) is 3.14. The summed E-state index contributed by atoms with van der Waals surface area (Å²) in [7, 11) is -2.64. The summed E-state index contributed by atoms with van der Waals surface area (Å²) in [6, 6.07) is 6.58. The van der Waals surface area contributed by atoms with Crippen molar-refractivity contribution >= 4 is 32.3 Å². The zero-order valence-corrected chi connectivity index (χ0v) is 17.2. The average Bonchev–Trinajstić information content (AvgIpc) is 2.97. The lowest BCUT2D eigenvalue weighted by Gasteiger charge is -2.17. The van der Waals surface area contributed by atoms with E-state index in [1.165, 1.54) is 18.4 Å². The van der Waals surface area contributed by atoms with E-state index in [9.17, 15) is 22.9 Å². The third-order valence-corrected chi connectivity index (χ3v) is 7.75. The summed E-state index contributed by atoms with van der Waals surface area (Å²) in [6.07, 6.45) is 2.69. The number of nitrogens with one attached hydrogen (secondary N) is 1. The van der Waals surface area contributed by atoms with Gasteiger partial charge in [-0.3, -0.25) is 4.79 Å². The minimum atomic E-state index is -3.92. The van der Waals surface area contributed by atoms with Crippen LogP contribution in [0.3, 0.4) is 0 Å². The summed E-state index contributed by atoms with van der Waals surface area (Å²) < 4.78 is 39.0. The molecule has 1 amide bonds. The van der Waals surface area contributed by atoms with Gasteiger partial charge in [0.1, 0.15) is 16.9 Å². The zero-order valence-electron chi connectivity index (χ0n) is 15.5. The lowest BCUT2D eigenvalue weighted by Crippen LogP contribution is -2.34. The molecule has 0 spiro atoms. The molecule has 6 nitrogen and oxygen atoms in total. The third kappa shape index (κ3) is 4.09. The number of likely N-dealkylation sites (N-methyl/N-ethyl adjacent to an activating group) is 1. The van der Waals surface area contributed by atoms with E-state index in [-0.39, 0.29) is 4.90 Å². The molecule has 2 aromatic rings. The van der Waals surface area contributed by atoms with Gasteiger partial charge in [-0.05, 0) is 55.0 Å². The van der Waals surface area contributed by atoms with Crippen LogP contribution in [-0.2, 0) is 27.7 Å². The molecule has 1 aliphatic carbocycles. The molecule has 0 fully saturated rings. The first kappa shape index (κ1) is 20.5. The first-order valence-electron chi connectivity index (χ1n) is 8.78. The Bertz CT molecular complexity index is 1040. The molecule has 0 bridgehead atoms. The standard InChI is InChI=1S/C19H20FN3O3S2/c1-12-3-8-15-16(10-21)19(27-17(15)9-12)22-18(24)11-23(2)28(25,26)14-6-4-13(20)5-7-14/h4-7,12H,3,8-9,11H2,1-2H3,(H,22,24)/t12-/m1/s1. The van der Waals surface area contributed by atoms with E-state index >= 15 is 0 Å². The molecule has 28 heavy (non-hydrogen) atoms. The van der Waals surface area contributed by atoms with Crippen molar-refractivity contribution < 1.29 is 17.6 Å². The Hall–Kier alpha value is -2.28. The van der Waals surface area contributed by atoms with Crippen LogP contribution in [0.5, 0.6) is 0 Å². The van der Waals surface area contributed by atoms with E-state index in [2.05, 4.69) is 18.3 Å². The Balaban J connectivity index is 1.74. The van der Waals surface area contributed by atoms with Crippen molar-refractivity contribution in [3.8, 4) is 6.07 Å². The monoisotopic (exact) mass is 421 g/mol. The number of rotatable bonds is 5. The highest BCUT2D eigenvalue weighted by Crippen LogP contribution is 2.39. The van der Waals surface area contributed by atoms with Gasteiger partial charge in [-0.15, -0.1) is 11.3 Å². The molecule has 0 unspecified atom stereocenters. The van der Waals surface area contributed by atoms with Crippen LogP contribution in [0.2, 0.25) is 0 Å². The van der Waals surface area contributed by atoms with Gasteiger partial charge in [0.15, 0.2) is 0 Å². The lowest BCUT2D eigenvalue weighted by molar-refractivity contribution is -0.116. The number of thiophene rings is 1. The summed E-state index contributed by atoms with van der Waals surface area (Å²) in [6.45, 7) is 1.74. The van der Waals surface area contributed by atoms with Crippen molar-refractivity contribution in [3.63, 3.8) is 0 Å². The van der Waals surface area contributed by atoms with Crippen LogP contribution in [-0.4, -0.2) is 32.2 Å². The van der Waals surface area contributed by atoms with Crippen LogP contribution in [0, 0.1) is 23.1 Å². The molecule has 0 radical (unpaired) electrons. The van der Waals surface area contributed by atoms with Crippen molar-refractivity contribution in [2.24, 2.45) is 5.92 Å². The quantitative estimate of drug-likeness (QED) is 0.803. The van der Waals surface area contributed by atoms with Crippen LogP contribution in [0.1, 0.15) is 29.3 Å². The first-order valence-corrected chi connectivity index (χ1v) is 11.0. The molecule has 1 aromatic heterocycles. The summed E-state index contributed by atoms with van der Waals surface area (Å²) >= 11 is 1.39. The Labute approximate surface area is 167 Å². The van der Waals surface area contributed by atoms with Crippen molar-refractivity contribution in [2.45, 2.75) is 31.1 Å². The Morgan fingerprint density at radius 3 is 2.71 bits per heavy atom. The first-order chi connectivity index (χ1) is 13.2. The number of carbonyl (C=O) groups excluding carboxylic acids is 1.